The zero-order valence-corrected chi connectivity index (χ0v) is 15.1. The molecule has 128 valence electrons. The Hall–Kier alpha value is -1.89. The fourth-order valence-corrected chi connectivity index (χ4v) is 5.63. The van der Waals surface area contributed by atoms with Gasteiger partial charge in [0.25, 0.3) is 0 Å². The molecule has 0 amide bonds. The molecule has 0 radical (unpaired) electrons. The Morgan fingerprint density at radius 3 is 2.80 bits per heavy atom. The summed E-state index contributed by atoms with van der Waals surface area (Å²) in [4.78, 5) is 13.1. The minimum atomic E-state index is -0.189. The number of benzene rings is 2. The number of hydrogen-bond acceptors (Lipinski definition) is 1. The lowest BCUT2D eigenvalue weighted by molar-refractivity contribution is -0.126. The molecule has 1 spiro atoms. The molecule has 1 fully saturated rings. The molecule has 3 aliphatic carbocycles. The molecule has 1 heteroatoms. The zero-order valence-electron chi connectivity index (χ0n) is 15.1. The maximum Gasteiger partial charge on any atom is 0.144 e. The first-order chi connectivity index (χ1) is 12.2. The van der Waals surface area contributed by atoms with Gasteiger partial charge in [0.1, 0.15) is 5.78 Å². The number of aryl methyl sites for hydroxylation is 2. The van der Waals surface area contributed by atoms with Crippen molar-refractivity contribution in [3.05, 3.63) is 58.7 Å². The molecule has 1 saturated carbocycles. The molecule has 0 aliphatic heterocycles. The molecule has 1 nitrogen and oxygen atoms in total. The first-order valence-electron chi connectivity index (χ1n) is 9.98. The summed E-state index contributed by atoms with van der Waals surface area (Å²) in [7, 11) is 0. The standard InChI is InChI=1S/C24H26O/c1-2-3-4-16-5-7-18-13-19-8-10-23(25)24(22(19)14-20(18)11-16)15-17-6-9-21(24)12-17/h5-7,11,13-14,21H,2-4,8-10,12,15H2,1H3. The summed E-state index contributed by atoms with van der Waals surface area (Å²) in [5, 5.41) is 2.67. The minimum Gasteiger partial charge on any atom is -0.299 e. The summed E-state index contributed by atoms with van der Waals surface area (Å²) in [5.41, 5.74) is 5.58. The quantitative estimate of drug-likeness (QED) is 0.662. The monoisotopic (exact) mass is 330 g/mol. The maximum absolute atomic E-state index is 13.1. The van der Waals surface area contributed by atoms with E-state index in [4.69, 9.17) is 0 Å². The van der Waals surface area contributed by atoms with Crippen LogP contribution in [0.1, 0.15) is 62.1 Å². The number of Topliss-reactive ketones (excluding diaryl/α,β-unsaturated/α-hetero) is 1. The van der Waals surface area contributed by atoms with Crippen molar-refractivity contribution in [3.63, 3.8) is 0 Å². The number of ketones is 1. The van der Waals surface area contributed by atoms with Gasteiger partial charge in [-0.25, -0.2) is 0 Å². The minimum absolute atomic E-state index is 0.189. The molecule has 2 atom stereocenters. The molecule has 2 aromatic carbocycles. The van der Waals surface area contributed by atoms with Crippen LogP contribution in [-0.4, -0.2) is 5.78 Å². The molecule has 0 saturated heterocycles. The molecule has 2 aromatic rings. The lowest BCUT2D eigenvalue weighted by Crippen LogP contribution is -2.43. The van der Waals surface area contributed by atoms with Crippen LogP contribution in [0.3, 0.4) is 0 Å². The average Bonchev–Trinajstić information content (AvgIpc) is 3.24. The Bertz CT molecular complexity index is 904. The molecule has 3 aliphatic rings. The first kappa shape index (κ1) is 15.4. The smallest absolute Gasteiger partial charge is 0.144 e. The van der Waals surface area contributed by atoms with E-state index in [1.165, 1.54) is 45.9 Å². The molecule has 0 N–H and O–H groups in total. The Balaban J connectivity index is 1.66. The molecule has 0 aromatic heterocycles. The van der Waals surface area contributed by atoms with Crippen LogP contribution in [0.4, 0.5) is 0 Å². The first-order valence-corrected chi connectivity index (χ1v) is 9.98. The maximum atomic E-state index is 13.1. The summed E-state index contributed by atoms with van der Waals surface area (Å²) >= 11 is 0. The number of allylic oxidation sites excluding steroid dienone is 2. The van der Waals surface area contributed by atoms with Crippen LogP contribution in [0.15, 0.2) is 42.0 Å². The van der Waals surface area contributed by atoms with Crippen molar-refractivity contribution >= 4 is 16.6 Å². The second-order valence-electron chi connectivity index (χ2n) is 8.36. The predicted octanol–water partition coefficient (Wildman–Crippen LogP) is 5.68. The fraction of sp³-hybridized carbons (Fsp3) is 0.458. The number of fused-ring (bicyclic) bond motifs is 6. The Labute approximate surface area is 150 Å². The second-order valence-corrected chi connectivity index (χ2v) is 8.36. The molecular weight excluding hydrogens is 304 g/mol. The van der Waals surface area contributed by atoms with Gasteiger partial charge in [-0.2, -0.15) is 0 Å². The van der Waals surface area contributed by atoms with E-state index in [9.17, 15) is 4.79 Å². The third-order valence-electron chi connectivity index (χ3n) is 6.95. The third kappa shape index (κ3) is 2.18. The van der Waals surface area contributed by atoms with Crippen LogP contribution < -0.4 is 0 Å². The summed E-state index contributed by atoms with van der Waals surface area (Å²) in [5.74, 6) is 1.03. The highest BCUT2D eigenvalue weighted by molar-refractivity contribution is 5.96. The average molecular weight is 330 g/mol. The summed E-state index contributed by atoms with van der Waals surface area (Å²) in [6.45, 7) is 2.25. The van der Waals surface area contributed by atoms with Gasteiger partial charge in [0.15, 0.2) is 0 Å². The van der Waals surface area contributed by atoms with E-state index in [0.717, 1.165) is 38.5 Å². The van der Waals surface area contributed by atoms with E-state index in [1.807, 2.05) is 0 Å². The van der Waals surface area contributed by atoms with E-state index >= 15 is 0 Å². The van der Waals surface area contributed by atoms with Gasteiger partial charge >= 0.3 is 0 Å². The van der Waals surface area contributed by atoms with Crippen LogP contribution >= 0.6 is 0 Å². The number of hydrogen-bond donors (Lipinski definition) is 0. The number of rotatable bonds is 3. The Kier molecular flexibility index (Phi) is 3.42. The van der Waals surface area contributed by atoms with Gasteiger partial charge in [0.05, 0.1) is 5.41 Å². The topological polar surface area (TPSA) is 17.1 Å². The lowest BCUT2D eigenvalue weighted by Gasteiger charge is -2.40. The normalized spacial score (nSPS) is 27.2. The van der Waals surface area contributed by atoms with Gasteiger partial charge in [0.2, 0.25) is 0 Å². The van der Waals surface area contributed by atoms with Crippen molar-refractivity contribution in [3.8, 4) is 0 Å². The fourth-order valence-electron chi connectivity index (χ4n) is 5.63. The van der Waals surface area contributed by atoms with Crippen molar-refractivity contribution in [2.45, 2.75) is 63.7 Å². The largest absolute Gasteiger partial charge is 0.299 e. The highest BCUT2D eigenvalue weighted by atomic mass is 16.1. The number of unbranched alkanes of at least 4 members (excludes halogenated alkanes) is 1. The lowest BCUT2D eigenvalue weighted by atomic mass is 9.61. The van der Waals surface area contributed by atoms with Crippen molar-refractivity contribution in [2.24, 2.45) is 5.92 Å². The predicted molar refractivity (Wildman–Crippen MR) is 103 cm³/mol. The SMILES string of the molecule is CCCCc1ccc2cc3c(cc2c1)C1(CC2=CCC1C2)C(=O)CC3. The zero-order chi connectivity index (χ0) is 17.0. The van der Waals surface area contributed by atoms with Gasteiger partial charge in [-0.3, -0.25) is 4.79 Å². The van der Waals surface area contributed by atoms with Crippen molar-refractivity contribution in [1.29, 1.82) is 0 Å². The summed E-state index contributed by atoms with van der Waals surface area (Å²) in [6, 6.07) is 11.7. The Morgan fingerprint density at radius 1 is 1.12 bits per heavy atom. The van der Waals surface area contributed by atoms with E-state index in [2.05, 4.69) is 43.3 Å². The number of carbonyl (C=O) groups excluding carboxylic acids is 1. The van der Waals surface area contributed by atoms with Gasteiger partial charge in [-0.15, -0.1) is 0 Å². The third-order valence-corrected chi connectivity index (χ3v) is 6.95. The van der Waals surface area contributed by atoms with E-state index in [0.29, 0.717) is 11.7 Å². The van der Waals surface area contributed by atoms with Crippen LogP contribution in [0.5, 0.6) is 0 Å². The van der Waals surface area contributed by atoms with Gasteiger partial charge in [0, 0.05) is 6.42 Å². The van der Waals surface area contributed by atoms with Crippen LogP contribution in [-0.2, 0) is 23.1 Å². The highest BCUT2D eigenvalue weighted by Crippen LogP contribution is 2.57. The van der Waals surface area contributed by atoms with Crippen LogP contribution in [0, 0.1) is 5.92 Å². The Morgan fingerprint density at radius 2 is 2.04 bits per heavy atom. The molecule has 5 rings (SSSR count). The highest BCUT2D eigenvalue weighted by Gasteiger charge is 2.55. The van der Waals surface area contributed by atoms with Crippen LogP contribution in [0.25, 0.3) is 10.8 Å². The summed E-state index contributed by atoms with van der Waals surface area (Å²) in [6.07, 6.45) is 10.9. The van der Waals surface area contributed by atoms with E-state index in [1.54, 1.807) is 0 Å². The van der Waals surface area contributed by atoms with Crippen LogP contribution in [0.2, 0.25) is 0 Å². The van der Waals surface area contributed by atoms with E-state index in [-0.39, 0.29) is 5.41 Å². The van der Waals surface area contributed by atoms with Crippen molar-refractivity contribution in [1.82, 2.24) is 0 Å². The van der Waals surface area contributed by atoms with E-state index < -0.39 is 0 Å². The molecule has 25 heavy (non-hydrogen) atoms. The van der Waals surface area contributed by atoms with Gasteiger partial charge < -0.3 is 0 Å². The second kappa shape index (κ2) is 5.56. The van der Waals surface area contributed by atoms with Gasteiger partial charge in [-0.1, -0.05) is 49.3 Å². The molecular formula is C24H26O. The van der Waals surface area contributed by atoms with Crippen molar-refractivity contribution in [2.75, 3.05) is 0 Å². The molecule has 2 unspecified atom stereocenters. The van der Waals surface area contributed by atoms with Gasteiger partial charge in [-0.05, 0) is 78.0 Å². The number of carbonyl (C=O) groups is 1. The molecule has 0 heterocycles. The molecule has 2 bridgehead atoms. The summed E-state index contributed by atoms with van der Waals surface area (Å²) < 4.78 is 0. The van der Waals surface area contributed by atoms with Crippen molar-refractivity contribution < 1.29 is 4.79 Å².